The van der Waals surface area contributed by atoms with Gasteiger partial charge in [-0.05, 0) is 37.5 Å². The lowest BCUT2D eigenvalue weighted by atomic mass is 9.96. The largest absolute Gasteiger partial charge is 0.444 e. The van der Waals surface area contributed by atoms with E-state index in [1.165, 1.54) is 7.11 Å². The van der Waals surface area contributed by atoms with Crippen LogP contribution >= 0.6 is 0 Å². The van der Waals surface area contributed by atoms with Crippen LogP contribution in [0.25, 0.3) is 0 Å². The summed E-state index contributed by atoms with van der Waals surface area (Å²) < 4.78 is 36.8. The van der Waals surface area contributed by atoms with E-state index in [-0.39, 0.29) is 6.61 Å². The first-order valence-corrected chi connectivity index (χ1v) is 13.9. The highest BCUT2D eigenvalue weighted by Gasteiger charge is 2.49. The molecule has 0 aliphatic carbocycles. The van der Waals surface area contributed by atoms with Crippen molar-refractivity contribution >= 4 is 6.09 Å². The van der Waals surface area contributed by atoms with Crippen LogP contribution in [0.5, 0.6) is 0 Å². The molecular formula is C33H41NO7. The molecule has 0 saturated carbocycles. The van der Waals surface area contributed by atoms with Gasteiger partial charge in [0.25, 0.3) is 0 Å². The van der Waals surface area contributed by atoms with Gasteiger partial charge in [-0.25, -0.2) is 4.79 Å². The van der Waals surface area contributed by atoms with Crippen molar-refractivity contribution in [2.24, 2.45) is 0 Å². The molecule has 0 unspecified atom stereocenters. The van der Waals surface area contributed by atoms with Crippen LogP contribution in [0.4, 0.5) is 4.79 Å². The Balaban J connectivity index is 1.59. The molecule has 8 nitrogen and oxygen atoms in total. The zero-order chi connectivity index (χ0) is 29.1. The summed E-state index contributed by atoms with van der Waals surface area (Å²) in [5, 5.41) is 2.94. The Bertz CT molecular complexity index is 1170. The maximum atomic E-state index is 12.9. The number of carbonyl (C=O) groups excluding carboxylic acids is 1. The van der Waals surface area contributed by atoms with Crippen LogP contribution in [0.2, 0.25) is 0 Å². The number of benzene rings is 3. The van der Waals surface area contributed by atoms with E-state index in [2.05, 4.69) is 5.32 Å². The van der Waals surface area contributed by atoms with Gasteiger partial charge >= 0.3 is 6.09 Å². The number of carbonyl (C=O) groups is 1. The highest BCUT2D eigenvalue weighted by atomic mass is 16.7. The SMILES string of the molecule is CO[C@@H]1O[C@H](COCc2ccccc2)[C@H](OCc2ccccc2)[C@H](OCc2ccccc2)[C@H]1NC(=O)OC(C)(C)C. The number of amides is 1. The Kier molecular flexibility index (Phi) is 11.3. The molecule has 1 heterocycles. The number of alkyl carbamates (subject to hydrolysis) is 1. The van der Waals surface area contributed by atoms with Crippen molar-refractivity contribution in [1.82, 2.24) is 5.32 Å². The molecule has 0 spiro atoms. The van der Waals surface area contributed by atoms with Gasteiger partial charge in [0.1, 0.15) is 30.0 Å². The van der Waals surface area contributed by atoms with Crippen LogP contribution in [0, 0.1) is 0 Å². The summed E-state index contributed by atoms with van der Waals surface area (Å²) >= 11 is 0. The van der Waals surface area contributed by atoms with Gasteiger partial charge in [0, 0.05) is 7.11 Å². The van der Waals surface area contributed by atoms with Gasteiger partial charge < -0.3 is 33.7 Å². The van der Waals surface area contributed by atoms with Crippen LogP contribution < -0.4 is 5.32 Å². The van der Waals surface area contributed by atoms with Crippen LogP contribution in [-0.2, 0) is 48.2 Å². The molecule has 5 atom stereocenters. The van der Waals surface area contributed by atoms with Crippen LogP contribution in [0.3, 0.4) is 0 Å². The second-order valence-electron chi connectivity index (χ2n) is 11.0. The molecule has 4 rings (SSSR count). The summed E-state index contributed by atoms with van der Waals surface area (Å²) in [6.45, 7) is 6.72. The van der Waals surface area contributed by atoms with E-state index in [4.69, 9.17) is 28.4 Å². The Morgan fingerprint density at radius 3 is 1.73 bits per heavy atom. The van der Waals surface area contributed by atoms with Crippen molar-refractivity contribution in [2.75, 3.05) is 13.7 Å². The first-order chi connectivity index (χ1) is 19.8. The highest BCUT2D eigenvalue weighted by molar-refractivity contribution is 5.68. The third-order valence-electron chi connectivity index (χ3n) is 6.53. The second kappa shape index (κ2) is 15.1. The van der Waals surface area contributed by atoms with Gasteiger partial charge in [-0.15, -0.1) is 0 Å². The van der Waals surface area contributed by atoms with Gasteiger partial charge in [-0.2, -0.15) is 0 Å². The number of rotatable bonds is 12. The minimum atomic E-state index is -0.829. The lowest BCUT2D eigenvalue weighted by molar-refractivity contribution is -0.284. The molecule has 41 heavy (non-hydrogen) atoms. The van der Waals surface area contributed by atoms with E-state index >= 15 is 0 Å². The van der Waals surface area contributed by atoms with Gasteiger partial charge in [-0.1, -0.05) is 91.0 Å². The average Bonchev–Trinajstić information content (AvgIpc) is 2.96. The number of hydrogen-bond donors (Lipinski definition) is 1. The molecular weight excluding hydrogens is 522 g/mol. The Labute approximate surface area is 242 Å². The van der Waals surface area contributed by atoms with Crippen molar-refractivity contribution in [3.8, 4) is 0 Å². The van der Waals surface area contributed by atoms with Gasteiger partial charge in [-0.3, -0.25) is 0 Å². The predicted molar refractivity (Wildman–Crippen MR) is 155 cm³/mol. The zero-order valence-electron chi connectivity index (χ0n) is 24.2. The minimum absolute atomic E-state index is 0.235. The molecule has 1 amide bonds. The normalized spacial score (nSPS) is 22.7. The summed E-state index contributed by atoms with van der Waals surface area (Å²) in [6.07, 6.45) is -3.20. The topological polar surface area (TPSA) is 84.5 Å². The highest BCUT2D eigenvalue weighted by Crippen LogP contribution is 2.29. The Hall–Kier alpha value is -3.27. The fourth-order valence-corrected chi connectivity index (χ4v) is 4.64. The lowest BCUT2D eigenvalue weighted by Crippen LogP contribution is -2.66. The summed E-state index contributed by atoms with van der Waals surface area (Å²) in [7, 11) is 1.54. The monoisotopic (exact) mass is 563 g/mol. The van der Waals surface area contributed by atoms with Crippen LogP contribution in [0.1, 0.15) is 37.5 Å². The van der Waals surface area contributed by atoms with Crippen molar-refractivity contribution in [1.29, 1.82) is 0 Å². The molecule has 3 aromatic rings. The summed E-state index contributed by atoms with van der Waals surface area (Å²) in [6, 6.07) is 29.0. The van der Waals surface area contributed by atoms with Crippen molar-refractivity contribution < 1.29 is 33.2 Å². The second-order valence-corrected chi connectivity index (χ2v) is 11.0. The minimum Gasteiger partial charge on any atom is -0.444 e. The van der Waals surface area contributed by atoms with E-state index in [1.54, 1.807) is 0 Å². The summed E-state index contributed by atoms with van der Waals surface area (Å²) in [5.41, 5.74) is 2.36. The first kappa shape index (κ1) is 30.7. The molecule has 8 heteroatoms. The number of methoxy groups -OCH3 is 1. The molecule has 1 saturated heterocycles. The van der Waals surface area contributed by atoms with E-state index in [0.29, 0.717) is 19.8 Å². The molecule has 220 valence electrons. The third-order valence-corrected chi connectivity index (χ3v) is 6.53. The molecule has 0 radical (unpaired) electrons. The van der Waals surface area contributed by atoms with Crippen LogP contribution in [0.15, 0.2) is 91.0 Å². The smallest absolute Gasteiger partial charge is 0.408 e. The molecule has 3 aromatic carbocycles. The van der Waals surface area contributed by atoms with Crippen LogP contribution in [-0.4, -0.2) is 56.1 Å². The first-order valence-electron chi connectivity index (χ1n) is 13.9. The Morgan fingerprint density at radius 2 is 1.24 bits per heavy atom. The van der Waals surface area contributed by atoms with Crippen molar-refractivity contribution in [2.45, 2.75) is 76.8 Å². The molecule has 0 bridgehead atoms. The standard InChI is InChI=1S/C33H41NO7/c1-33(2,3)41-32(35)34-28-30(39-22-26-18-12-7-13-19-26)29(38-21-25-16-10-6-11-17-25)27(40-31(28)36-4)23-37-20-24-14-8-5-9-15-24/h5-19,27-31H,20-23H2,1-4H3,(H,34,35)/t27-,28-,29+,30-,31-/m1/s1. The number of hydrogen-bond acceptors (Lipinski definition) is 7. The lowest BCUT2D eigenvalue weighted by Gasteiger charge is -2.46. The number of nitrogens with one attached hydrogen (secondary N) is 1. The van der Waals surface area contributed by atoms with Gasteiger partial charge in [0.05, 0.1) is 26.4 Å². The summed E-state index contributed by atoms with van der Waals surface area (Å²) in [5.74, 6) is 0. The fourth-order valence-electron chi connectivity index (χ4n) is 4.64. The average molecular weight is 564 g/mol. The number of ether oxygens (including phenoxy) is 6. The molecule has 1 N–H and O–H groups in total. The third kappa shape index (κ3) is 9.66. The molecule has 1 aliphatic heterocycles. The maximum Gasteiger partial charge on any atom is 0.408 e. The van der Waals surface area contributed by atoms with Gasteiger partial charge in [0.15, 0.2) is 6.29 Å². The van der Waals surface area contributed by atoms with Crippen molar-refractivity contribution in [3.63, 3.8) is 0 Å². The summed E-state index contributed by atoms with van der Waals surface area (Å²) in [4.78, 5) is 12.9. The fraction of sp³-hybridized carbons (Fsp3) is 0.424. The maximum absolute atomic E-state index is 12.9. The van der Waals surface area contributed by atoms with E-state index in [1.807, 2.05) is 112 Å². The Morgan fingerprint density at radius 1 is 0.756 bits per heavy atom. The van der Waals surface area contributed by atoms with Gasteiger partial charge in [0.2, 0.25) is 0 Å². The molecule has 0 aromatic heterocycles. The van der Waals surface area contributed by atoms with Crippen molar-refractivity contribution in [3.05, 3.63) is 108 Å². The molecule has 1 aliphatic rings. The quantitative estimate of drug-likeness (QED) is 0.305. The molecule has 1 fully saturated rings. The van der Waals surface area contributed by atoms with E-state index in [9.17, 15) is 4.79 Å². The predicted octanol–water partition coefficient (Wildman–Crippen LogP) is 5.64. The zero-order valence-corrected chi connectivity index (χ0v) is 24.2. The van der Waals surface area contributed by atoms with E-state index in [0.717, 1.165) is 16.7 Å². The van der Waals surface area contributed by atoms with E-state index < -0.39 is 42.3 Å².